The first-order valence-corrected chi connectivity index (χ1v) is 21.9. The molecule has 0 N–H and O–H groups in total. The normalized spacial score (nSPS) is 11.8. The van der Waals surface area contributed by atoms with Crippen LogP contribution >= 0.6 is 0 Å². The molecule has 0 bridgehead atoms. The van der Waals surface area contributed by atoms with Crippen molar-refractivity contribution in [3.63, 3.8) is 0 Å². The monoisotopic (exact) mass is 816 g/mol. The third-order valence-electron chi connectivity index (χ3n) is 13.0. The lowest BCUT2D eigenvalue weighted by Crippen LogP contribution is -2.11. The van der Waals surface area contributed by atoms with Gasteiger partial charge >= 0.3 is 0 Å². The Hall–Kier alpha value is -8.60. The first-order valence-electron chi connectivity index (χ1n) is 21.9. The minimum absolute atomic E-state index is 1.07. The highest BCUT2D eigenvalue weighted by atomic mass is 15.1. The molecule has 0 unspecified atom stereocenters. The summed E-state index contributed by atoms with van der Waals surface area (Å²) in [5.74, 6) is 0. The van der Waals surface area contributed by atoms with Crippen LogP contribution in [0.4, 0.5) is 17.1 Å². The van der Waals surface area contributed by atoms with Crippen LogP contribution in [0.1, 0.15) is 0 Å². The van der Waals surface area contributed by atoms with E-state index < -0.39 is 0 Å². The van der Waals surface area contributed by atoms with Gasteiger partial charge in [-0.25, -0.2) is 0 Å². The van der Waals surface area contributed by atoms with E-state index in [2.05, 4.69) is 261 Å². The molecular formula is C60H40N4. The van der Waals surface area contributed by atoms with Crippen molar-refractivity contribution in [3.8, 4) is 28.2 Å². The van der Waals surface area contributed by atoms with Gasteiger partial charge in [0.1, 0.15) is 0 Å². The molecule has 300 valence electrons. The van der Waals surface area contributed by atoms with Gasteiger partial charge in [-0.2, -0.15) is 0 Å². The van der Waals surface area contributed by atoms with Gasteiger partial charge in [0.25, 0.3) is 0 Å². The van der Waals surface area contributed by atoms with Crippen LogP contribution in [0.3, 0.4) is 0 Å². The van der Waals surface area contributed by atoms with Crippen molar-refractivity contribution in [2.24, 2.45) is 0 Å². The molecule has 0 fully saturated rings. The molecule has 0 aliphatic heterocycles. The molecule has 0 radical (unpaired) electrons. The largest absolute Gasteiger partial charge is 0.310 e. The fourth-order valence-electron chi connectivity index (χ4n) is 10.2. The van der Waals surface area contributed by atoms with E-state index in [9.17, 15) is 0 Å². The molecular weight excluding hydrogens is 777 g/mol. The Labute approximate surface area is 370 Å². The molecule has 0 atom stereocenters. The number of aromatic nitrogens is 3. The lowest BCUT2D eigenvalue weighted by atomic mass is 10.0. The highest BCUT2D eigenvalue weighted by Crippen LogP contribution is 2.44. The average Bonchev–Trinajstić information content (AvgIpc) is 4.00. The predicted octanol–water partition coefficient (Wildman–Crippen LogP) is 16.1. The lowest BCUT2D eigenvalue weighted by Gasteiger charge is -2.27. The summed E-state index contributed by atoms with van der Waals surface area (Å²) in [5.41, 5.74) is 16.0. The molecule has 0 saturated heterocycles. The van der Waals surface area contributed by atoms with E-state index in [0.29, 0.717) is 0 Å². The molecule has 0 saturated carbocycles. The summed E-state index contributed by atoms with van der Waals surface area (Å²) in [6, 6.07) is 88.3. The Bertz CT molecular complexity index is 3840. The maximum atomic E-state index is 2.44. The number of fused-ring (bicyclic) bond motifs is 9. The van der Waals surface area contributed by atoms with E-state index >= 15 is 0 Å². The van der Waals surface area contributed by atoms with E-state index in [4.69, 9.17) is 0 Å². The molecule has 4 heteroatoms. The molecule has 0 spiro atoms. The quantitative estimate of drug-likeness (QED) is 0.157. The molecule has 0 aliphatic rings. The summed E-state index contributed by atoms with van der Waals surface area (Å²) in [4.78, 5) is 2.43. The molecule has 3 aromatic heterocycles. The van der Waals surface area contributed by atoms with Crippen LogP contribution in [0.5, 0.6) is 0 Å². The van der Waals surface area contributed by atoms with Crippen molar-refractivity contribution >= 4 is 82.5 Å². The van der Waals surface area contributed by atoms with Gasteiger partial charge < -0.3 is 18.6 Å². The topological polar surface area (TPSA) is 18.0 Å². The summed E-state index contributed by atoms with van der Waals surface area (Å²) in [6.45, 7) is 0. The Balaban J connectivity index is 1.08. The van der Waals surface area contributed by atoms with Gasteiger partial charge in [0.05, 0.1) is 33.1 Å². The molecule has 3 heterocycles. The van der Waals surface area contributed by atoms with Crippen molar-refractivity contribution in [2.75, 3.05) is 4.90 Å². The highest BCUT2D eigenvalue weighted by Gasteiger charge is 2.21. The van der Waals surface area contributed by atoms with Crippen LogP contribution in [-0.2, 0) is 0 Å². The van der Waals surface area contributed by atoms with Crippen LogP contribution in [0, 0.1) is 0 Å². The molecule has 64 heavy (non-hydrogen) atoms. The zero-order chi connectivity index (χ0) is 42.1. The number of nitrogens with zero attached hydrogens (tertiary/aromatic N) is 4. The smallest absolute Gasteiger partial charge is 0.0542 e. The first kappa shape index (κ1) is 36.1. The maximum Gasteiger partial charge on any atom is 0.0542 e. The van der Waals surface area contributed by atoms with E-state index in [1.165, 1.54) is 65.4 Å². The minimum Gasteiger partial charge on any atom is -0.310 e. The highest BCUT2D eigenvalue weighted by molar-refractivity contribution is 6.13. The van der Waals surface area contributed by atoms with Gasteiger partial charge in [-0.3, -0.25) is 0 Å². The van der Waals surface area contributed by atoms with Crippen molar-refractivity contribution in [1.29, 1.82) is 0 Å². The standard InChI is InChI=1S/C60H40N4/c1-4-18-43(19-5-1)61(46-33-35-60-54(40-46)52-27-13-17-31-58(52)63(60)45-22-8-3-9-23-45)47-36-42(37-48(39-47)64-55-28-14-10-24-49(55)50-25-11-15-29-56(50)64)41-32-34-59-53(38-41)51-26-12-16-30-57(51)62(59)44-20-6-2-7-21-44/h1-40H. The number of anilines is 3. The Morgan fingerprint density at radius 3 is 1.16 bits per heavy atom. The second-order valence-electron chi connectivity index (χ2n) is 16.6. The Kier molecular flexibility index (Phi) is 8.18. The predicted molar refractivity (Wildman–Crippen MR) is 270 cm³/mol. The molecule has 0 amide bonds. The van der Waals surface area contributed by atoms with E-state index in [0.717, 1.165) is 45.3 Å². The van der Waals surface area contributed by atoms with Gasteiger partial charge in [0.2, 0.25) is 0 Å². The fourth-order valence-corrected chi connectivity index (χ4v) is 10.2. The third-order valence-corrected chi connectivity index (χ3v) is 13.0. The van der Waals surface area contributed by atoms with Crippen molar-refractivity contribution in [1.82, 2.24) is 13.7 Å². The molecule has 10 aromatic carbocycles. The summed E-state index contributed by atoms with van der Waals surface area (Å²) in [5, 5.41) is 7.35. The molecule has 13 rings (SSSR count). The Morgan fingerprint density at radius 2 is 0.625 bits per heavy atom. The summed E-state index contributed by atoms with van der Waals surface area (Å²) in [6.07, 6.45) is 0. The van der Waals surface area contributed by atoms with Gasteiger partial charge in [-0.1, -0.05) is 133 Å². The van der Waals surface area contributed by atoms with Crippen molar-refractivity contribution in [2.45, 2.75) is 0 Å². The number of benzene rings is 10. The fraction of sp³-hybridized carbons (Fsp3) is 0. The Morgan fingerprint density at radius 1 is 0.219 bits per heavy atom. The summed E-state index contributed by atoms with van der Waals surface area (Å²) in [7, 11) is 0. The first-order chi connectivity index (χ1) is 31.8. The van der Waals surface area contributed by atoms with Crippen LogP contribution in [-0.4, -0.2) is 13.7 Å². The van der Waals surface area contributed by atoms with E-state index in [-0.39, 0.29) is 0 Å². The van der Waals surface area contributed by atoms with Crippen LogP contribution in [0.2, 0.25) is 0 Å². The number of hydrogen-bond acceptors (Lipinski definition) is 1. The van der Waals surface area contributed by atoms with Gasteiger partial charge in [-0.15, -0.1) is 0 Å². The van der Waals surface area contributed by atoms with E-state index in [1.54, 1.807) is 0 Å². The molecule has 4 nitrogen and oxygen atoms in total. The van der Waals surface area contributed by atoms with Crippen LogP contribution in [0.25, 0.3) is 93.6 Å². The molecule has 0 aliphatic carbocycles. The summed E-state index contributed by atoms with van der Waals surface area (Å²) >= 11 is 0. The lowest BCUT2D eigenvalue weighted by molar-refractivity contribution is 1.17. The average molecular weight is 817 g/mol. The minimum atomic E-state index is 1.07. The van der Waals surface area contributed by atoms with Crippen molar-refractivity contribution < 1.29 is 0 Å². The third kappa shape index (κ3) is 5.63. The van der Waals surface area contributed by atoms with Gasteiger partial charge in [0, 0.05) is 66.4 Å². The van der Waals surface area contributed by atoms with Gasteiger partial charge in [0.15, 0.2) is 0 Å². The second kappa shape index (κ2) is 14.5. The van der Waals surface area contributed by atoms with Crippen LogP contribution < -0.4 is 4.90 Å². The maximum absolute atomic E-state index is 2.44. The van der Waals surface area contributed by atoms with Crippen LogP contribution in [0.15, 0.2) is 243 Å². The van der Waals surface area contributed by atoms with Crippen molar-refractivity contribution in [3.05, 3.63) is 243 Å². The van der Waals surface area contributed by atoms with Gasteiger partial charge in [-0.05, 0) is 120 Å². The SMILES string of the molecule is c1ccc(N(c2cc(-c3ccc4c(c3)c3ccccc3n4-c3ccccc3)cc(-n3c4ccccc4c4ccccc43)c2)c2ccc3c(c2)c2ccccc2n3-c2ccccc2)cc1. The zero-order valence-corrected chi connectivity index (χ0v) is 34.9. The number of para-hydroxylation sites is 7. The summed E-state index contributed by atoms with van der Waals surface area (Å²) < 4.78 is 7.21. The second-order valence-corrected chi connectivity index (χ2v) is 16.6. The molecule has 13 aromatic rings. The number of rotatable bonds is 7. The number of hydrogen-bond donors (Lipinski definition) is 0. The van der Waals surface area contributed by atoms with E-state index in [1.807, 2.05) is 0 Å². The zero-order valence-electron chi connectivity index (χ0n) is 34.9.